The van der Waals surface area contributed by atoms with Crippen LogP contribution in [-0.2, 0) is 32.2 Å². The second-order valence-corrected chi connectivity index (χ2v) is 9.18. The third kappa shape index (κ3) is 7.70. The molecule has 3 N–H and O–H groups in total. The van der Waals surface area contributed by atoms with Gasteiger partial charge in [0.25, 0.3) is 5.92 Å². The van der Waals surface area contributed by atoms with Crippen molar-refractivity contribution < 1.29 is 42.8 Å². The maximum Gasteiger partial charge on any atom is 0.408 e. The van der Waals surface area contributed by atoms with Gasteiger partial charge in [0.2, 0.25) is 0 Å². The lowest BCUT2D eigenvalue weighted by Gasteiger charge is -2.46. The van der Waals surface area contributed by atoms with Crippen LogP contribution < -0.4 is 5.32 Å². The minimum atomic E-state index is -3.81. The van der Waals surface area contributed by atoms with E-state index in [2.05, 4.69) is 0 Å². The van der Waals surface area contributed by atoms with E-state index in [9.17, 15) is 19.8 Å². The highest BCUT2D eigenvalue weighted by molar-refractivity contribution is 5.80. The van der Waals surface area contributed by atoms with E-state index in [0.717, 1.165) is 5.56 Å². The number of hydrogen-bond donors (Lipinski definition) is 3. The summed E-state index contributed by atoms with van der Waals surface area (Å²) >= 11 is 0. The van der Waals surface area contributed by atoms with Crippen LogP contribution in [0.25, 0.3) is 0 Å². The fraction of sp³-hybridized carbons (Fsp3) is 0.481. The Morgan fingerprint density at radius 1 is 1.05 bits per heavy atom. The number of carboxylic acids is 1. The molecular formula is C27H33F2NO7. The summed E-state index contributed by atoms with van der Waals surface area (Å²) in [7, 11) is 0. The molecule has 10 heteroatoms. The third-order valence-electron chi connectivity index (χ3n) is 6.46. The van der Waals surface area contributed by atoms with Crippen LogP contribution in [-0.4, -0.2) is 58.7 Å². The number of carbonyl (C=O) groups excluding carboxylic acids is 1. The molecule has 2 aromatic carbocycles. The van der Waals surface area contributed by atoms with Crippen molar-refractivity contribution >= 4 is 12.1 Å². The molecule has 0 unspecified atom stereocenters. The molecule has 202 valence electrons. The van der Waals surface area contributed by atoms with E-state index < -0.39 is 60.8 Å². The molecule has 1 saturated heterocycles. The van der Waals surface area contributed by atoms with Crippen molar-refractivity contribution in [3.63, 3.8) is 0 Å². The van der Waals surface area contributed by atoms with Crippen LogP contribution >= 0.6 is 0 Å². The minimum absolute atomic E-state index is 0.105. The number of rotatable bonds is 11. The van der Waals surface area contributed by atoms with Crippen LogP contribution in [0.3, 0.4) is 0 Å². The van der Waals surface area contributed by atoms with Gasteiger partial charge in [-0.05, 0) is 17.5 Å². The summed E-state index contributed by atoms with van der Waals surface area (Å²) < 4.78 is 47.3. The molecule has 0 radical (unpaired) electrons. The van der Waals surface area contributed by atoms with Gasteiger partial charge in [0.05, 0.1) is 18.8 Å². The van der Waals surface area contributed by atoms with Crippen molar-refractivity contribution in [1.82, 2.24) is 5.32 Å². The number of halogens is 2. The highest BCUT2D eigenvalue weighted by Crippen LogP contribution is 2.39. The van der Waals surface area contributed by atoms with Gasteiger partial charge in [-0.25, -0.2) is 18.4 Å². The smallest absolute Gasteiger partial charge is 0.408 e. The summed E-state index contributed by atoms with van der Waals surface area (Å²) in [5.74, 6) is -5.87. The van der Waals surface area contributed by atoms with Crippen molar-refractivity contribution in [3.8, 4) is 0 Å². The molecule has 0 aliphatic carbocycles. The first-order valence-electron chi connectivity index (χ1n) is 12.2. The van der Waals surface area contributed by atoms with E-state index in [1.54, 1.807) is 44.2 Å². The Balaban J connectivity index is 1.68. The Labute approximate surface area is 214 Å². The van der Waals surface area contributed by atoms with Crippen molar-refractivity contribution in [2.24, 2.45) is 5.92 Å². The maximum atomic E-state index is 15.4. The van der Waals surface area contributed by atoms with E-state index in [4.69, 9.17) is 14.2 Å². The lowest BCUT2D eigenvalue weighted by Crippen LogP contribution is -2.61. The molecule has 8 nitrogen and oxygen atoms in total. The predicted molar refractivity (Wildman–Crippen MR) is 130 cm³/mol. The Morgan fingerprint density at radius 2 is 1.62 bits per heavy atom. The van der Waals surface area contributed by atoms with Gasteiger partial charge in [-0.1, -0.05) is 74.5 Å². The molecule has 0 bridgehead atoms. The van der Waals surface area contributed by atoms with Crippen LogP contribution in [0.5, 0.6) is 0 Å². The SMILES string of the molecule is CC[C@H]1O[C@H](C(F)(F)C[C@@H](NC(=O)OCc2ccccc2)C(=O)O)[C@H](O)[C@@H](OCc2ccccc2)[C@H]1C. The first-order valence-corrected chi connectivity index (χ1v) is 12.2. The summed E-state index contributed by atoms with van der Waals surface area (Å²) in [5.41, 5.74) is 1.46. The zero-order valence-electron chi connectivity index (χ0n) is 20.8. The zero-order valence-corrected chi connectivity index (χ0v) is 20.8. The van der Waals surface area contributed by atoms with Crippen molar-refractivity contribution in [3.05, 3.63) is 71.8 Å². The zero-order chi connectivity index (χ0) is 27.0. The molecule has 1 fully saturated rings. The number of aliphatic hydroxyl groups is 1. The molecular weight excluding hydrogens is 488 g/mol. The Bertz CT molecular complexity index is 1010. The predicted octanol–water partition coefficient (Wildman–Crippen LogP) is 4.15. The second-order valence-electron chi connectivity index (χ2n) is 9.18. The second kappa shape index (κ2) is 12.9. The Kier molecular flexibility index (Phi) is 9.96. The maximum absolute atomic E-state index is 15.4. The van der Waals surface area contributed by atoms with E-state index in [1.165, 1.54) is 0 Å². The van der Waals surface area contributed by atoms with E-state index in [0.29, 0.717) is 12.0 Å². The summed E-state index contributed by atoms with van der Waals surface area (Å²) in [5, 5.41) is 22.4. The fourth-order valence-corrected chi connectivity index (χ4v) is 4.42. The molecule has 0 saturated carbocycles. The van der Waals surface area contributed by atoms with Gasteiger partial charge in [-0.15, -0.1) is 0 Å². The fourth-order valence-electron chi connectivity index (χ4n) is 4.42. The van der Waals surface area contributed by atoms with Crippen LogP contribution in [0, 0.1) is 5.92 Å². The third-order valence-corrected chi connectivity index (χ3v) is 6.46. The highest BCUT2D eigenvalue weighted by atomic mass is 19.3. The number of nitrogens with one attached hydrogen (secondary N) is 1. The summed E-state index contributed by atoms with van der Waals surface area (Å²) in [4.78, 5) is 23.8. The molecule has 3 rings (SSSR count). The molecule has 6 atom stereocenters. The number of alkyl carbamates (subject to hydrolysis) is 1. The van der Waals surface area contributed by atoms with Crippen LogP contribution in [0.15, 0.2) is 60.7 Å². The van der Waals surface area contributed by atoms with E-state index in [-0.39, 0.29) is 13.2 Å². The number of ether oxygens (including phenoxy) is 3. The van der Waals surface area contributed by atoms with Crippen LogP contribution in [0.4, 0.5) is 13.6 Å². The Hall–Kier alpha value is -3.08. The summed E-state index contributed by atoms with van der Waals surface area (Å²) in [6.07, 6.45) is -7.44. The van der Waals surface area contributed by atoms with Crippen molar-refractivity contribution in [1.29, 1.82) is 0 Å². The van der Waals surface area contributed by atoms with Crippen molar-refractivity contribution in [2.75, 3.05) is 0 Å². The number of aliphatic carboxylic acids is 1. The topological polar surface area (TPSA) is 114 Å². The largest absolute Gasteiger partial charge is 0.480 e. The van der Waals surface area contributed by atoms with Crippen LogP contribution in [0.1, 0.15) is 37.8 Å². The number of carboxylic acid groups (broad SMARTS) is 1. The average Bonchev–Trinajstić information content (AvgIpc) is 2.88. The number of alkyl halides is 2. The van der Waals surface area contributed by atoms with Crippen LogP contribution in [0.2, 0.25) is 0 Å². The number of carbonyl (C=O) groups is 2. The number of aliphatic hydroxyl groups excluding tert-OH is 1. The van der Waals surface area contributed by atoms with Gasteiger partial charge >= 0.3 is 12.1 Å². The highest BCUT2D eigenvalue weighted by Gasteiger charge is 2.55. The van der Waals surface area contributed by atoms with Gasteiger partial charge in [0, 0.05) is 12.3 Å². The Morgan fingerprint density at radius 3 is 2.16 bits per heavy atom. The summed E-state index contributed by atoms with van der Waals surface area (Å²) in [6, 6.07) is 15.8. The molecule has 0 aromatic heterocycles. The minimum Gasteiger partial charge on any atom is -0.480 e. The lowest BCUT2D eigenvalue weighted by molar-refractivity contribution is -0.273. The molecule has 1 heterocycles. The molecule has 1 amide bonds. The van der Waals surface area contributed by atoms with Gasteiger partial charge < -0.3 is 29.7 Å². The number of benzene rings is 2. The molecule has 1 aliphatic heterocycles. The van der Waals surface area contributed by atoms with Crippen molar-refractivity contribution in [2.45, 2.75) is 76.3 Å². The molecule has 1 aliphatic rings. The monoisotopic (exact) mass is 521 g/mol. The normalized spacial score (nSPS) is 24.7. The van der Waals surface area contributed by atoms with Gasteiger partial charge in [0.1, 0.15) is 24.9 Å². The summed E-state index contributed by atoms with van der Waals surface area (Å²) in [6.45, 7) is 3.48. The first kappa shape index (κ1) is 28.5. The van der Waals surface area contributed by atoms with E-state index >= 15 is 8.78 Å². The molecule has 37 heavy (non-hydrogen) atoms. The molecule has 2 aromatic rings. The standard InChI is InChI=1S/C27H33F2NO7/c1-3-21-17(2)23(35-15-18-10-6-4-7-11-18)22(31)24(37-21)27(28,29)14-20(25(32)33)30-26(34)36-16-19-12-8-5-9-13-19/h4-13,17,20-24,31H,3,14-16H2,1-2H3,(H,30,34)(H,32,33)/t17-,20+,21+,22+,23-,24-/m0/s1. The molecule has 0 spiro atoms. The van der Waals surface area contributed by atoms with E-state index in [1.807, 2.05) is 35.6 Å². The number of hydrogen-bond acceptors (Lipinski definition) is 6. The van der Waals surface area contributed by atoms with Gasteiger partial charge in [-0.2, -0.15) is 0 Å². The van der Waals surface area contributed by atoms with Gasteiger partial charge in [0.15, 0.2) is 0 Å². The van der Waals surface area contributed by atoms with Gasteiger partial charge in [-0.3, -0.25) is 0 Å². The lowest BCUT2D eigenvalue weighted by atomic mass is 9.83. The average molecular weight is 522 g/mol. The number of amides is 1. The first-order chi connectivity index (χ1) is 17.6. The quantitative estimate of drug-likeness (QED) is 0.407.